The molecule has 1 aliphatic heterocycles. The van der Waals surface area contributed by atoms with Gasteiger partial charge in [0.1, 0.15) is 18.1 Å². The van der Waals surface area contributed by atoms with Gasteiger partial charge in [0, 0.05) is 5.56 Å². The molecule has 1 unspecified atom stereocenters. The Morgan fingerprint density at radius 1 is 0.933 bits per heavy atom. The molecule has 0 radical (unpaired) electrons. The number of carbonyl (C=O) groups is 2. The van der Waals surface area contributed by atoms with Crippen molar-refractivity contribution in [3.63, 3.8) is 0 Å². The van der Waals surface area contributed by atoms with E-state index in [2.05, 4.69) is 0 Å². The zero-order valence-corrected chi connectivity index (χ0v) is 26.2. The second-order valence-corrected chi connectivity index (χ2v) is 11.7. The fourth-order valence-electron chi connectivity index (χ4n) is 5.44. The highest BCUT2D eigenvalue weighted by molar-refractivity contribution is 7.22. The van der Waals surface area contributed by atoms with E-state index < -0.39 is 17.7 Å². The lowest BCUT2D eigenvalue weighted by Gasteiger charge is -2.24. The molecule has 45 heavy (non-hydrogen) atoms. The van der Waals surface area contributed by atoms with Crippen LogP contribution in [0, 0.1) is 13.8 Å². The number of hydrogen-bond acceptors (Lipinski definition) is 8. The number of aromatic nitrogens is 1. The number of rotatable bonds is 9. The highest BCUT2D eigenvalue weighted by Gasteiger charge is 2.48. The van der Waals surface area contributed by atoms with Crippen molar-refractivity contribution in [1.82, 2.24) is 4.98 Å². The summed E-state index contributed by atoms with van der Waals surface area (Å²) in [5, 5.41) is 12.1. The van der Waals surface area contributed by atoms with E-state index in [9.17, 15) is 14.7 Å². The molecule has 1 saturated heterocycles. The van der Waals surface area contributed by atoms with E-state index in [1.54, 1.807) is 18.2 Å². The molecule has 6 rings (SSSR count). The van der Waals surface area contributed by atoms with Crippen molar-refractivity contribution in [2.75, 3.05) is 18.6 Å². The van der Waals surface area contributed by atoms with Gasteiger partial charge < -0.3 is 19.3 Å². The Kier molecular flexibility index (Phi) is 8.28. The monoisotopic (exact) mass is 620 g/mol. The topological polar surface area (TPSA) is 98.2 Å². The van der Waals surface area contributed by atoms with Gasteiger partial charge in [-0.3, -0.25) is 14.5 Å². The second-order valence-electron chi connectivity index (χ2n) is 10.7. The number of hydrogen-bond donors (Lipinski definition) is 1. The molecule has 1 fully saturated rings. The Morgan fingerprint density at radius 3 is 2.49 bits per heavy atom. The first kappa shape index (κ1) is 29.9. The summed E-state index contributed by atoms with van der Waals surface area (Å²) in [6.07, 6.45) is 0. The number of carbonyl (C=O) groups excluding carboxylic acids is 2. The Morgan fingerprint density at radius 2 is 1.73 bits per heavy atom. The molecule has 0 spiro atoms. The number of fused-ring (bicyclic) bond motifs is 1. The molecule has 0 bridgehead atoms. The van der Waals surface area contributed by atoms with E-state index >= 15 is 0 Å². The average Bonchev–Trinajstić information content (AvgIpc) is 3.58. The van der Waals surface area contributed by atoms with Crippen molar-refractivity contribution in [2.45, 2.75) is 33.4 Å². The van der Waals surface area contributed by atoms with Gasteiger partial charge in [-0.15, -0.1) is 0 Å². The number of nitrogens with zero attached hydrogens (tertiary/aromatic N) is 2. The summed E-state index contributed by atoms with van der Waals surface area (Å²) in [5.74, 6) is -0.212. The molecule has 2 heterocycles. The molecule has 1 aliphatic rings. The Bertz CT molecular complexity index is 1950. The number of methoxy groups -OCH3 is 1. The van der Waals surface area contributed by atoms with E-state index in [0.29, 0.717) is 52.2 Å². The summed E-state index contributed by atoms with van der Waals surface area (Å²) in [5.41, 5.74) is 4.35. The normalized spacial score (nSPS) is 15.9. The first-order valence-corrected chi connectivity index (χ1v) is 15.4. The molecular weight excluding hydrogens is 588 g/mol. The number of Topliss-reactive ketones (excluding diaryl/α,β-unsaturated/α-hetero) is 1. The summed E-state index contributed by atoms with van der Waals surface area (Å²) in [7, 11) is 1.53. The third-order valence-corrected chi connectivity index (χ3v) is 8.72. The molecule has 1 amide bonds. The number of thiazole rings is 1. The van der Waals surface area contributed by atoms with E-state index in [-0.39, 0.29) is 11.3 Å². The molecule has 1 atom stereocenters. The summed E-state index contributed by atoms with van der Waals surface area (Å²) in [6, 6.07) is 25.2. The van der Waals surface area contributed by atoms with Crippen LogP contribution in [-0.4, -0.2) is 35.5 Å². The predicted molar refractivity (Wildman–Crippen MR) is 175 cm³/mol. The number of anilines is 1. The lowest BCUT2D eigenvalue weighted by atomic mass is 9.93. The van der Waals surface area contributed by atoms with Crippen LogP contribution in [-0.2, 0) is 16.2 Å². The zero-order chi connectivity index (χ0) is 31.7. The molecule has 4 aromatic carbocycles. The molecule has 1 N–H and O–H groups in total. The van der Waals surface area contributed by atoms with Crippen molar-refractivity contribution in [3.8, 4) is 17.2 Å². The average molecular weight is 621 g/mol. The lowest BCUT2D eigenvalue weighted by molar-refractivity contribution is -0.132. The predicted octanol–water partition coefficient (Wildman–Crippen LogP) is 7.53. The van der Waals surface area contributed by atoms with Gasteiger partial charge in [-0.2, -0.15) is 0 Å². The maximum absolute atomic E-state index is 13.8. The van der Waals surface area contributed by atoms with Crippen molar-refractivity contribution in [1.29, 1.82) is 0 Å². The number of benzene rings is 4. The van der Waals surface area contributed by atoms with E-state index in [4.69, 9.17) is 19.2 Å². The van der Waals surface area contributed by atoms with Gasteiger partial charge >= 0.3 is 5.91 Å². The minimum atomic E-state index is -0.978. The molecule has 5 aromatic rings. The SMILES string of the molecule is CCOc1ccc2nc(N3C(=O)C(=O)/C(=C(/O)c4cc(C)ccc4C)C3c3ccc(OCc4ccccc4)c(OC)c3)sc2c1. The molecule has 8 nitrogen and oxygen atoms in total. The van der Waals surface area contributed by atoms with Gasteiger partial charge in [0.15, 0.2) is 16.6 Å². The van der Waals surface area contributed by atoms with Crippen molar-refractivity contribution >= 4 is 44.1 Å². The number of amides is 1. The van der Waals surface area contributed by atoms with Crippen molar-refractivity contribution in [3.05, 3.63) is 118 Å². The van der Waals surface area contributed by atoms with Crippen molar-refractivity contribution < 1.29 is 28.9 Å². The summed E-state index contributed by atoms with van der Waals surface area (Å²) >= 11 is 1.27. The van der Waals surface area contributed by atoms with Crippen LogP contribution >= 0.6 is 11.3 Å². The van der Waals surface area contributed by atoms with Gasteiger partial charge in [0.2, 0.25) is 0 Å². The van der Waals surface area contributed by atoms with Crippen LogP contribution in [0.3, 0.4) is 0 Å². The zero-order valence-electron chi connectivity index (χ0n) is 25.4. The largest absolute Gasteiger partial charge is 0.507 e. The van der Waals surface area contributed by atoms with E-state index in [1.807, 2.05) is 87.5 Å². The first-order chi connectivity index (χ1) is 21.8. The first-order valence-electron chi connectivity index (χ1n) is 14.6. The maximum Gasteiger partial charge on any atom is 0.301 e. The lowest BCUT2D eigenvalue weighted by Crippen LogP contribution is -2.29. The van der Waals surface area contributed by atoms with Gasteiger partial charge in [0.05, 0.1) is 35.5 Å². The molecule has 228 valence electrons. The third kappa shape index (κ3) is 5.74. The minimum Gasteiger partial charge on any atom is -0.507 e. The number of aliphatic hydroxyl groups is 1. The fourth-order valence-corrected chi connectivity index (χ4v) is 6.46. The number of ketones is 1. The number of ether oxygens (including phenoxy) is 3. The second kappa shape index (κ2) is 12.5. The summed E-state index contributed by atoms with van der Waals surface area (Å²) in [6.45, 7) is 6.51. The highest BCUT2D eigenvalue weighted by atomic mass is 32.1. The number of aliphatic hydroxyl groups excluding tert-OH is 1. The quantitative estimate of drug-likeness (QED) is 0.103. The van der Waals surface area contributed by atoms with Gasteiger partial charge in [-0.25, -0.2) is 4.98 Å². The molecule has 0 aliphatic carbocycles. The van der Waals surface area contributed by atoms with Crippen LogP contribution in [0.5, 0.6) is 17.2 Å². The smallest absolute Gasteiger partial charge is 0.301 e. The minimum absolute atomic E-state index is 0.0250. The van der Waals surface area contributed by atoms with Crippen LogP contribution in [0.15, 0.2) is 90.5 Å². The Hall–Kier alpha value is -5.15. The molecule has 1 aromatic heterocycles. The van der Waals surface area contributed by atoms with Gasteiger partial charge in [0.25, 0.3) is 5.78 Å². The standard InChI is InChI=1S/C36H32N2O6S/c1-5-43-25-14-15-27-30(19-25)45-36(37-27)38-32(31(34(40)35(38)41)33(39)26-17-21(2)11-12-22(26)3)24-13-16-28(29(18-24)42-4)44-20-23-9-7-6-8-10-23/h6-19,32,39H,5,20H2,1-4H3/b33-31+. The van der Waals surface area contributed by atoms with Crippen LogP contribution in [0.25, 0.3) is 16.0 Å². The number of aryl methyl sites for hydroxylation is 2. The Labute approximate surface area is 265 Å². The van der Waals surface area contributed by atoms with Crippen LogP contribution in [0.1, 0.15) is 40.8 Å². The van der Waals surface area contributed by atoms with E-state index in [0.717, 1.165) is 21.4 Å². The molecule has 9 heteroatoms. The van der Waals surface area contributed by atoms with Crippen LogP contribution < -0.4 is 19.1 Å². The van der Waals surface area contributed by atoms with Gasteiger partial charge in [-0.05, 0) is 73.9 Å². The molecule has 0 saturated carbocycles. The van der Waals surface area contributed by atoms with E-state index in [1.165, 1.54) is 23.3 Å². The summed E-state index contributed by atoms with van der Waals surface area (Å²) in [4.78, 5) is 33.7. The van der Waals surface area contributed by atoms with Gasteiger partial charge in [-0.1, -0.05) is 65.4 Å². The maximum atomic E-state index is 13.8. The third-order valence-electron chi connectivity index (χ3n) is 7.70. The van der Waals surface area contributed by atoms with Crippen LogP contribution in [0.2, 0.25) is 0 Å². The highest BCUT2D eigenvalue weighted by Crippen LogP contribution is 2.46. The molecular formula is C36H32N2O6S. The fraction of sp³-hybridized carbons (Fsp3) is 0.194. The Balaban J connectivity index is 1.49. The summed E-state index contributed by atoms with van der Waals surface area (Å²) < 4.78 is 18.2. The van der Waals surface area contributed by atoms with Crippen molar-refractivity contribution in [2.24, 2.45) is 0 Å². The van der Waals surface area contributed by atoms with Crippen LogP contribution in [0.4, 0.5) is 5.13 Å².